The monoisotopic (exact) mass is 380 g/mol. The van der Waals surface area contributed by atoms with Crippen LogP contribution in [-0.4, -0.2) is 35.7 Å². The van der Waals surface area contributed by atoms with Crippen LogP contribution in [0.25, 0.3) is 11.5 Å². The van der Waals surface area contributed by atoms with Gasteiger partial charge < -0.3 is 4.57 Å². The molecule has 11 heteroatoms. The Balaban J connectivity index is 1.94. The summed E-state index contributed by atoms with van der Waals surface area (Å²) >= 11 is 0.733. The van der Waals surface area contributed by atoms with Crippen molar-refractivity contribution >= 4 is 17.7 Å². The summed E-state index contributed by atoms with van der Waals surface area (Å²) < 4.78 is 31.7. The van der Waals surface area contributed by atoms with Crippen LogP contribution in [0.2, 0.25) is 0 Å². The van der Waals surface area contributed by atoms with Crippen LogP contribution in [0.3, 0.4) is 0 Å². The molecule has 0 aliphatic carbocycles. The standard InChI is InChI=1S/C15H14F2N6O2S/c1-7-4-11(20-23(7)3)13-18-19-15(22(13)2)26-12-9(16)5-8(6-10(12)17)14(24)21-25/h4-6,25H,1-3H3,(H,21,24). The zero-order valence-electron chi connectivity index (χ0n) is 14.0. The highest BCUT2D eigenvalue weighted by Gasteiger charge is 2.20. The molecule has 26 heavy (non-hydrogen) atoms. The molecular formula is C15H14F2N6O2S. The molecule has 0 bridgehead atoms. The maximum absolute atomic E-state index is 14.2. The highest BCUT2D eigenvalue weighted by molar-refractivity contribution is 7.99. The average Bonchev–Trinajstić information content (AvgIpc) is 3.12. The third-order valence-electron chi connectivity index (χ3n) is 3.73. The number of aryl methyl sites for hydroxylation is 2. The lowest BCUT2D eigenvalue weighted by atomic mass is 10.2. The van der Waals surface area contributed by atoms with E-state index in [2.05, 4.69) is 15.3 Å². The van der Waals surface area contributed by atoms with Gasteiger partial charge in [-0.15, -0.1) is 10.2 Å². The SMILES string of the molecule is Cc1cc(-c2nnc(Sc3c(F)cc(C(=O)NO)cc3F)n2C)nn1C. The first-order valence-corrected chi connectivity index (χ1v) is 8.15. The topological polar surface area (TPSA) is 97.9 Å². The van der Waals surface area contributed by atoms with Crippen molar-refractivity contribution < 1.29 is 18.8 Å². The first kappa shape index (κ1) is 18.0. The quantitative estimate of drug-likeness (QED) is 0.531. The lowest BCUT2D eigenvalue weighted by Crippen LogP contribution is -2.19. The fourth-order valence-corrected chi connectivity index (χ4v) is 3.04. The molecular weight excluding hydrogens is 366 g/mol. The number of halogens is 2. The fourth-order valence-electron chi connectivity index (χ4n) is 2.24. The van der Waals surface area contributed by atoms with Crippen molar-refractivity contribution in [2.75, 3.05) is 0 Å². The van der Waals surface area contributed by atoms with E-state index in [1.165, 1.54) is 5.48 Å². The van der Waals surface area contributed by atoms with Gasteiger partial charge in [-0.3, -0.25) is 14.7 Å². The number of rotatable bonds is 4. The molecule has 1 amide bonds. The third-order valence-corrected chi connectivity index (χ3v) is 4.87. The van der Waals surface area contributed by atoms with E-state index in [1.807, 2.05) is 13.0 Å². The maximum atomic E-state index is 14.2. The Morgan fingerprint density at radius 3 is 2.38 bits per heavy atom. The number of hydrogen-bond acceptors (Lipinski definition) is 6. The fraction of sp³-hybridized carbons (Fsp3) is 0.200. The molecule has 1 aromatic carbocycles. The Morgan fingerprint density at radius 2 is 1.85 bits per heavy atom. The number of aromatic nitrogens is 5. The highest BCUT2D eigenvalue weighted by atomic mass is 32.2. The summed E-state index contributed by atoms with van der Waals surface area (Å²) in [6.07, 6.45) is 0. The van der Waals surface area contributed by atoms with Crippen molar-refractivity contribution in [1.29, 1.82) is 0 Å². The van der Waals surface area contributed by atoms with E-state index in [9.17, 15) is 13.6 Å². The van der Waals surface area contributed by atoms with E-state index in [0.29, 0.717) is 11.5 Å². The van der Waals surface area contributed by atoms with Gasteiger partial charge in [-0.25, -0.2) is 14.3 Å². The van der Waals surface area contributed by atoms with E-state index in [1.54, 1.807) is 23.3 Å². The number of hydrogen-bond donors (Lipinski definition) is 2. The van der Waals surface area contributed by atoms with Crippen LogP contribution in [-0.2, 0) is 14.1 Å². The highest BCUT2D eigenvalue weighted by Crippen LogP contribution is 2.33. The number of carbonyl (C=O) groups excluding carboxylic acids is 1. The van der Waals surface area contributed by atoms with E-state index in [-0.39, 0.29) is 15.6 Å². The number of hydroxylamine groups is 1. The Morgan fingerprint density at radius 1 is 1.19 bits per heavy atom. The van der Waals surface area contributed by atoms with Crippen molar-refractivity contribution in [2.45, 2.75) is 17.0 Å². The van der Waals surface area contributed by atoms with Gasteiger partial charge in [0.15, 0.2) is 11.0 Å². The summed E-state index contributed by atoms with van der Waals surface area (Å²) in [4.78, 5) is 11.0. The van der Waals surface area contributed by atoms with Crippen molar-refractivity contribution in [2.24, 2.45) is 14.1 Å². The van der Waals surface area contributed by atoms with Crippen LogP contribution in [0.1, 0.15) is 16.1 Å². The molecule has 3 rings (SSSR count). The molecule has 2 N–H and O–H groups in total. The molecule has 0 spiro atoms. The minimum absolute atomic E-state index is 0.250. The number of nitrogens with zero attached hydrogens (tertiary/aromatic N) is 5. The van der Waals surface area contributed by atoms with Gasteiger partial charge in [0.2, 0.25) is 0 Å². The molecule has 0 atom stereocenters. The van der Waals surface area contributed by atoms with Gasteiger partial charge >= 0.3 is 0 Å². The van der Waals surface area contributed by atoms with Gasteiger partial charge in [-0.05, 0) is 36.9 Å². The first-order chi connectivity index (χ1) is 12.3. The molecule has 0 unspecified atom stereocenters. The van der Waals surface area contributed by atoms with Gasteiger partial charge in [0.05, 0.1) is 4.90 Å². The van der Waals surface area contributed by atoms with Gasteiger partial charge in [-0.2, -0.15) is 5.10 Å². The second-order valence-corrected chi connectivity index (χ2v) is 6.45. The summed E-state index contributed by atoms with van der Waals surface area (Å²) in [6.45, 7) is 1.89. The largest absolute Gasteiger partial charge is 0.304 e. The van der Waals surface area contributed by atoms with Crippen LogP contribution in [0.5, 0.6) is 0 Å². The van der Waals surface area contributed by atoms with Crippen LogP contribution < -0.4 is 5.48 Å². The smallest absolute Gasteiger partial charge is 0.274 e. The predicted molar refractivity (Wildman–Crippen MR) is 87.7 cm³/mol. The number of nitrogens with one attached hydrogen (secondary N) is 1. The van der Waals surface area contributed by atoms with Gasteiger partial charge in [0, 0.05) is 25.4 Å². The van der Waals surface area contributed by atoms with Gasteiger partial charge in [-0.1, -0.05) is 0 Å². The van der Waals surface area contributed by atoms with Gasteiger partial charge in [0.1, 0.15) is 17.3 Å². The molecule has 3 aromatic rings. The van der Waals surface area contributed by atoms with Crippen molar-refractivity contribution in [1.82, 2.24) is 30.0 Å². The second-order valence-electron chi connectivity index (χ2n) is 5.47. The van der Waals surface area contributed by atoms with Gasteiger partial charge in [0.25, 0.3) is 5.91 Å². The molecule has 8 nitrogen and oxygen atoms in total. The first-order valence-electron chi connectivity index (χ1n) is 7.33. The summed E-state index contributed by atoms with van der Waals surface area (Å²) in [5.41, 5.74) is 2.50. The molecule has 136 valence electrons. The minimum atomic E-state index is -1.01. The molecule has 0 fully saturated rings. The molecule has 0 radical (unpaired) electrons. The molecule has 0 saturated heterocycles. The molecule has 0 aliphatic heterocycles. The number of carbonyl (C=O) groups is 1. The van der Waals surface area contributed by atoms with Crippen LogP contribution in [0.15, 0.2) is 28.3 Å². The van der Waals surface area contributed by atoms with E-state index in [4.69, 9.17) is 5.21 Å². The normalized spacial score (nSPS) is 11.0. The van der Waals surface area contributed by atoms with Crippen molar-refractivity contribution in [3.05, 3.63) is 41.1 Å². The summed E-state index contributed by atoms with van der Waals surface area (Å²) in [6, 6.07) is 3.48. The zero-order chi connectivity index (χ0) is 19.0. The Bertz CT molecular complexity index is 958. The molecule has 2 heterocycles. The van der Waals surface area contributed by atoms with Crippen LogP contribution in [0, 0.1) is 18.6 Å². The Hall–Kier alpha value is -2.79. The lowest BCUT2D eigenvalue weighted by molar-refractivity contribution is 0.0705. The maximum Gasteiger partial charge on any atom is 0.274 e. The minimum Gasteiger partial charge on any atom is -0.304 e. The van der Waals surface area contributed by atoms with Crippen molar-refractivity contribution in [3.63, 3.8) is 0 Å². The number of amides is 1. The van der Waals surface area contributed by atoms with Crippen LogP contribution >= 0.6 is 11.8 Å². The predicted octanol–water partition coefficient (Wildman–Crippen LogP) is 2.07. The third kappa shape index (κ3) is 3.18. The summed E-state index contributed by atoms with van der Waals surface area (Å²) in [5.74, 6) is -2.46. The van der Waals surface area contributed by atoms with E-state index >= 15 is 0 Å². The van der Waals surface area contributed by atoms with E-state index in [0.717, 1.165) is 29.6 Å². The summed E-state index contributed by atoms with van der Waals surface area (Å²) in [5, 5.41) is 21.1. The average molecular weight is 380 g/mol. The van der Waals surface area contributed by atoms with E-state index < -0.39 is 17.5 Å². The molecule has 0 saturated carbocycles. The summed E-state index contributed by atoms with van der Waals surface area (Å²) in [7, 11) is 3.45. The zero-order valence-corrected chi connectivity index (χ0v) is 14.8. The van der Waals surface area contributed by atoms with Crippen molar-refractivity contribution in [3.8, 4) is 11.5 Å². The Labute approximate surface area is 150 Å². The lowest BCUT2D eigenvalue weighted by Gasteiger charge is -2.07. The Kier molecular flexibility index (Phi) is 4.74. The number of benzene rings is 1. The van der Waals surface area contributed by atoms with Crippen LogP contribution in [0.4, 0.5) is 8.78 Å². The molecule has 2 aromatic heterocycles. The second kappa shape index (κ2) is 6.84. The molecule has 0 aliphatic rings.